The fourth-order valence-electron chi connectivity index (χ4n) is 4.12. The molecule has 0 N–H and O–H groups in total. The number of fused-ring (bicyclic) bond motifs is 1. The molecule has 1 aromatic heterocycles. The van der Waals surface area contributed by atoms with Crippen molar-refractivity contribution in [1.29, 1.82) is 0 Å². The monoisotopic (exact) mass is 424 g/mol. The summed E-state index contributed by atoms with van der Waals surface area (Å²) < 4.78 is 2.20. The van der Waals surface area contributed by atoms with Crippen molar-refractivity contribution >= 4 is 45.4 Å². The lowest BCUT2D eigenvalue weighted by molar-refractivity contribution is -0.113. The molecule has 5 heteroatoms. The Labute approximate surface area is 184 Å². The van der Waals surface area contributed by atoms with E-state index in [-0.39, 0.29) is 11.1 Å². The average Bonchev–Trinajstić information content (AvgIpc) is 3.22. The minimum Gasteiger partial charge on any atom is -0.317 e. The molecule has 4 aromatic rings. The summed E-state index contributed by atoms with van der Waals surface area (Å²) in [5, 5.41) is 2.08. The first-order valence-corrected chi connectivity index (χ1v) is 10.9. The molecule has 0 unspecified atom stereocenters. The zero-order valence-corrected chi connectivity index (χ0v) is 18.0. The van der Waals surface area contributed by atoms with Crippen LogP contribution in [0.3, 0.4) is 0 Å². The third-order valence-corrected chi connectivity index (χ3v) is 6.44. The molecule has 4 nitrogen and oxygen atoms in total. The second kappa shape index (κ2) is 7.60. The SMILES string of the molecule is Cc1cc(C=C2SC(=O)N(c3ccccc3)C2=O)c(C)n1-c1cccc2ccccc12. The molecule has 0 radical (unpaired) electrons. The summed E-state index contributed by atoms with van der Waals surface area (Å²) >= 11 is 0.983. The molecule has 0 aliphatic carbocycles. The first-order valence-electron chi connectivity index (χ1n) is 10.0. The minimum atomic E-state index is -0.281. The van der Waals surface area contributed by atoms with Crippen LogP contribution in [0.5, 0.6) is 0 Å². The van der Waals surface area contributed by atoms with E-state index in [2.05, 4.69) is 47.9 Å². The Hall–Kier alpha value is -3.57. The van der Waals surface area contributed by atoms with Crippen molar-refractivity contribution in [3.63, 3.8) is 0 Å². The number of imide groups is 1. The average molecular weight is 425 g/mol. The number of aromatic nitrogens is 1. The van der Waals surface area contributed by atoms with Gasteiger partial charge >= 0.3 is 0 Å². The number of aryl methyl sites for hydroxylation is 1. The van der Waals surface area contributed by atoms with Crippen LogP contribution in [0.1, 0.15) is 17.0 Å². The lowest BCUT2D eigenvalue weighted by Gasteiger charge is -2.13. The Bertz CT molecular complexity index is 1360. The Morgan fingerprint density at radius 1 is 0.839 bits per heavy atom. The van der Waals surface area contributed by atoms with E-state index in [1.54, 1.807) is 12.1 Å². The molecule has 2 heterocycles. The standard InChI is InChI=1S/C26H20N2O2S/c1-17-15-20(16-24-25(29)28(26(30)31-24)21-11-4-3-5-12-21)18(2)27(17)23-14-8-10-19-9-6-7-13-22(19)23/h3-16H,1-2H3. The van der Waals surface area contributed by atoms with Crippen molar-refractivity contribution in [1.82, 2.24) is 4.57 Å². The number of amides is 2. The number of thioether (sulfide) groups is 1. The first-order chi connectivity index (χ1) is 15.0. The largest absolute Gasteiger partial charge is 0.317 e. The van der Waals surface area contributed by atoms with Gasteiger partial charge in [-0.3, -0.25) is 9.59 Å². The topological polar surface area (TPSA) is 42.3 Å². The molecule has 0 spiro atoms. The number of benzene rings is 3. The molecule has 1 saturated heterocycles. The van der Waals surface area contributed by atoms with Crippen LogP contribution in [-0.2, 0) is 4.79 Å². The molecule has 1 fully saturated rings. The molecule has 0 atom stereocenters. The third-order valence-electron chi connectivity index (χ3n) is 5.57. The van der Waals surface area contributed by atoms with Crippen LogP contribution in [0.15, 0.2) is 83.8 Å². The summed E-state index contributed by atoms with van der Waals surface area (Å²) in [6.45, 7) is 4.10. The van der Waals surface area contributed by atoms with Gasteiger partial charge in [-0.25, -0.2) is 4.90 Å². The van der Waals surface area contributed by atoms with Gasteiger partial charge in [0.05, 0.1) is 16.3 Å². The maximum Gasteiger partial charge on any atom is 0.298 e. The van der Waals surface area contributed by atoms with E-state index < -0.39 is 0 Å². The molecule has 0 bridgehead atoms. The van der Waals surface area contributed by atoms with Crippen LogP contribution in [0.2, 0.25) is 0 Å². The Morgan fingerprint density at radius 2 is 1.55 bits per heavy atom. The van der Waals surface area contributed by atoms with Gasteiger partial charge < -0.3 is 4.57 Å². The predicted molar refractivity (Wildman–Crippen MR) is 128 cm³/mol. The summed E-state index contributed by atoms with van der Waals surface area (Å²) in [4.78, 5) is 27.2. The fourth-order valence-corrected chi connectivity index (χ4v) is 4.95. The zero-order valence-electron chi connectivity index (χ0n) is 17.2. The first kappa shape index (κ1) is 19.4. The van der Waals surface area contributed by atoms with Crippen molar-refractivity contribution in [2.45, 2.75) is 13.8 Å². The number of nitrogens with zero attached hydrogens (tertiary/aromatic N) is 2. The van der Waals surface area contributed by atoms with Crippen molar-refractivity contribution < 1.29 is 9.59 Å². The second-order valence-corrected chi connectivity index (χ2v) is 8.51. The molecule has 152 valence electrons. The van der Waals surface area contributed by atoms with Crippen molar-refractivity contribution in [2.24, 2.45) is 0 Å². The Morgan fingerprint density at radius 3 is 2.35 bits per heavy atom. The van der Waals surface area contributed by atoms with E-state index in [1.807, 2.05) is 43.3 Å². The molecule has 3 aromatic carbocycles. The molecule has 1 aliphatic rings. The summed E-state index contributed by atoms with van der Waals surface area (Å²) in [5.74, 6) is -0.281. The van der Waals surface area contributed by atoms with E-state index in [4.69, 9.17) is 0 Å². The van der Waals surface area contributed by atoms with Crippen LogP contribution in [0.25, 0.3) is 22.5 Å². The number of carbonyl (C=O) groups is 2. The summed E-state index contributed by atoms with van der Waals surface area (Å²) in [5.41, 5.74) is 4.73. The Balaban J connectivity index is 1.57. The number of carbonyl (C=O) groups excluding carboxylic acids is 2. The van der Waals surface area contributed by atoms with Gasteiger partial charge in [0.15, 0.2) is 0 Å². The van der Waals surface area contributed by atoms with Gasteiger partial charge in [0.1, 0.15) is 0 Å². The fraction of sp³-hybridized carbons (Fsp3) is 0.0769. The highest BCUT2D eigenvalue weighted by atomic mass is 32.2. The minimum absolute atomic E-state index is 0.273. The van der Waals surface area contributed by atoms with Crippen LogP contribution in [0.4, 0.5) is 10.5 Å². The second-order valence-electron chi connectivity index (χ2n) is 7.51. The van der Waals surface area contributed by atoms with Gasteiger partial charge in [-0.05, 0) is 66.9 Å². The van der Waals surface area contributed by atoms with Crippen molar-refractivity contribution in [3.05, 3.63) is 101 Å². The normalized spacial score (nSPS) is 15.4. The molecular formula is C26H20N2O2S. The van der Waals surface area contributed by atoms with Crippen molar-refractivity contribution in [2.75, 3.05) is 4.90 Å². The third kappa shape index (κ3) is 3.27. The molecule has 2 amide bonds. The number of anilines is 1. The quantitative estimate of drug-likeness (QED) is 0.353. The zero-order chi connectivity index (χ0) is 21.5. The maximum absolute atomic E-state index is 13.0. The summed E-state index contributed by atoms with van der Waals surface area (Å²) in [6, 6.07) is 25.7. The van der Waals surface area contributed by atoms with E-state index in [1.165, 1.54) is 15.7 Å². The highest BCUT2D eigenvalue weighted by molar-refractivity contribution is 8.19. The molecule has 0 saturated carbocycles. The Kier molecular flexibility index (Phi) is 4.75. The van der Waals surface area contributed by atoms with E-state index in [0.717, 1.165) is 34.4 Å². The van der Waals surface area contributed by atoms with Gasteiger partial charge in [-0.15, -0.1) is 0 Å². The molecule has 31 heavy (non-hydrogen) atoms. The van der Waals surface area contributed by atoms with E-state index >= 15 is 0 Å². The highest BCUT2D eigenvalue weighted by Gasteiger charge is 2.36. The van der Waals surface area contributed by atoms with Crippen LogP contribution >= 0.6 is 11.8 Å². The number of rotatable bonds is 3. The van der Waals surface area contributed by atoms with Gasteiger partial charge in [0.2, 0.25) is 0 Å². The maximum atomic E-state index is 13.0. The van der Waals surface area contributed by atoms with Gasteiger partial charge in [0.25, 0.3) is 11.1 Å². The van der Waals surface area contributed by atoms with E-state index in [9.17, 15) is 9.59 Å². The lowest BCUT2D eigenvalue weighted by Crippen LogP contribution is -2.27. The molecular weight excluding hydrogens is 404 g/mol. The number of para-hydroxylation sites is 1. The molecule has 1 aliphatic heterocycles. The smallest absolute Gasteiger partial charge is 0.298 e. The summed E-state index contributed by atoms with van der Waals surface area (Å²) in [7, 11) is 0. The predicted octanol–water partition coefficient (Wildman–Crippen LogP) is 6.49. The van der Waals surface area contributed by atoms with Crippen LogP contribution in [-0.4, -0.2) is 15.7 Å². The van der Waals surface area contributed by atoms with Crippen LogP contribution in [0, 0.1) is 13.8 Å². The lowest BCUT2D eigenvalue weighted by atomic mass is 10.1. The highest BCUT2D eigenvalue weighted by Crippen LogP contribution is 2.37. The number of hydrogen-bond donors (Lipinski definition) is 0. The van der Waals surface area contributed by atoms with E-state index in [0.29, 0.717) is 10.6 Å². The van der Waals surface area contributed by atoms with Gasteiger partial charge in [0, 0.05) is 16.8 Å². The van der Waals surface area contributed by atoms with Crippen molar-refractivity contribution in [3.8, 4) is 5.69 Å². The van der Waals surface area contributed by atoms with Crippen LogP contribution < -0.4 is 4.90 Å². The van der Waals surface area contributed by atoms with Gasteiger partial charge in [-0.2, -0.15) is 0 Å². The summed E-state index contributed by atoms with van der Waals surface area (Å²) in [6.07, 6.45) is 1.83. The number of hydrogen-bond acceptors (Lipinski definition) is 3. The van der Waals surface area contributed by atoms with Gasteiger partial charge in [-0.1, -0.05) is 54.6 Å². The molecule has 5 rings (SSSR count).